The molecule has 2 rings (SSSR count). The summed E-state index contributed by atoms with van der Waals surface area (Å²) in [6.45, 7) is 0.883. The SMILES string of the molecule is COc1ccccc1CC(=O)N1CC=CC[C@H](C(N)=O)C1. The van der Waals surface area contributed by atoms with Crippen molar-refractivity contribution in [3.05, 3.63) is 42.0 Å². The van der Waals surface area contributed by atoms with Gasteiger partial charge in [0.15, 0.2) is 0 Å². The van der Waals surface area contributed by atoms with Gasteiger partial charge in [-0.2, -0.15) is 0 Å². The van der Waals surface area contributed by atoms with E-state index in [1.165, 1.54) is 0 Å². The minimum absolute atomic E-state index is 0.0303. The van der Waals surface area contributed by atoms with Crippen molar-refractivity contribution in [2.45, 2.75) is 12.8 Å². The first kappa shape index (κ1) is 15.1. The Kier molecular flexibility index (Phi) is 4.98. The molecular formula is C16H20N2O3. The predicted molar refractivity (Wildman–Crippen MR) is 79.7 cm³/mol. The fraction of sp³-hybridized carbons (Fsp3) is 0.375. The number of benzene rings is 1. The molecular weight excluding hydrogens is 268 g/mol. The van der Waals surface area contributed by atoms with Crippen molar-refractivity contribution in [1.82, 2.24) is 4.90 Å². The molecule has 5 nitrogen and oxygen atoms in total. The Hall–Kier alpha value is -2.30. The van der Waals surface area contributed by atoms with Gasteiger partial charge >= 0.3 is 0 Å². The van der Waals surface area contributed by atoms with Crippen LogP contribution in [0.2, 0.25) is 0 Å². The fourth-order valence-electron chi connectivity index (χ4n) is 2.41. The summed E-state index contributed by atoms with van der Waals surface area (Å²) in [7, 11) is 1.58. The van der Waals surface area contributed by atoms with Gasteiger partial charge in [-0.25, -0.2) is 0 Å². The van der Waals surface area contributed by atoms with Crippen molar-refractivity contribution in [2.24, 2.45) is 11.7 Å². The number of nitrogens with two attached hydrogens (primary N) is 1. The van der Waals surface area contributed by atoms with Crippen LogP contribution in [0.15, 0.2) is 36.4 Å². The van der Waals surface area contributed by atoms with E-state index in [1.54, 1.807) is 12.0 Å². The molecule has 2 N–H and O–H groups in total. The molecule has 1 atom stereocenters. The van der Waals surface area contributed by atoms with Crippen LogP contribution in [0.1, 0.15) is 12.0 Å². The molecule has 21 heavy (non-hydrogen) atoms. The zero-order valence-corrected chi connectivity index (χ0v) is 12.1. The number of rotatable bonds is 4. The molecule has 1 aliphatic rings. The number of carbonyl (C=O) groups excluding carboxylic acids is 2. The van der Waals surface area contributed by atoms with Crippen LogP contribution in [-0.2, 0) is 16.0 Å². The number of ether oxygens (including phenoxy) is 1. The average molecular weight is 288 g/mol. The van der Waals surface area contributed by atoms with Gasteiger partial charge in [-0.1, -0.05) is 30.4 Å². The Morgan fingerprint density at radius 3 is 2.81 bits per heavy atom. The summed E-state index contributed by atoms with van der Waals surface area (Å²) in [5, 5.41) is 0. The molecule has 0 saturated carbocycles. The zero-order chi connectivity index (χ0) is 15.2. The van der Waals surface area contributed by atoms with Crippen LogP contribution in [0, 0.1) is 5.92 Å². The number of methoxy groups -OCH3 is 1. The molecule has 0 unspecified atom stereocenters. The number of para-hydroxylation sites is 1. The van der Waals surface area contributed by atoms with Crippen LogP contribution >= 0.6 is 0 Å². The molecule has 1 aromatic rings. The third-order valence-corrected chi connectivity index (χ3v) is 3.64. The molecule has 1 aliphatic heterocycles. The van der Waals surface area contributed by atoms with Gasteiger partial charge in [-0.3, -0.25) is 9.59 Å². The number of nitrogens with zero attached hydrogens (tertiary/aromatic N) is 1. The van der Waals surface area contributed by atoms with Crippen LogP contribution in [0.4, 0.5) is 0 Å². The van der Waals surface area contributed by atoms with E-state index in [2.05, 4.69) is 0 Å². The van der Waals surface area contributed by atoms with E-state index in [0.29, 0.717) is 25.3 Å². The van der Waals surface area contributed by atoms with Crippen molar-refractivity contribution >= 4 is 11.8 Å². The first-order valence-corrected chi connectivity index (χ1v) is 6.95. The topological polar surface area (TPSA) is 72.6 Å². The summed E-state index contributed by atoms with van der Waals surface area (Å²) in [4.78, 5) is 25.5. The average Bonchev–Trinajstić information content (AvgIpc) is 2.74. The third kappa shape index (κ3) is 3.84. The van der Waals surface area contributed by atoms with E-state index in [9.17, 15) is 9.59 Å². The largest absolute Gasteiger partial charge is 0.496 e. The van der Waals surface area contributed by atoms with Gasteiger partial charge in [-0.05, 0) is 12.5 Å². The lowest BCUT2D eigenvalue weighted by molar-refractivity contribution is -0.131. The molecule has 112 valence electrons. The number of hydrogen-bond donors (Lipinski definition) is 1. The monoisotopic (exact) mass is 288 g/mol. The van der Waals surface area contributed by atoms with Crippen molar-refractivity contribution in [2.75, 3.05) is 20.2 Å². The molecule has 2 amide bonds. The number of amides is 2. The molecule has 0 spiro atoms. The Labute approximate surface area is 124 Å². The highest BCUT2D eigenvalue weighted by Gasteiger charge is 2.23. The highest BCUT2D eigenvalue weighted by molar-refractivity contribution is 5.82. The second kappa shape index (κ2) is 6.92. The van der Waals surface area contributed by atoms with E-state index in [1.807, 2.05) is 36.4 Å². The van der Waals surface area contributed by atoms with Gasteiger partial charge in [0.1, 0.15) is 5.75 Å². The molecule has 0 aliphatic carbocycles. The van der Waals surface area contributed by atoms with E-state index in [0.717, 1.165) is 5.56 Å². The van der Waals surface area contributed by atoms with Gasteiger partial charge in [0.2, 0.25) is 11.8 Å². The van der Waals surface area contributed by atoms with Crippen molar-refractivity contribution in [3.8, 4) is 5.75 Å². The Bertz CT molecular complexity index is 554. The number of hydrogen-bond acceptors (Lipinski definition) is 3. The standard InChI is InChI=1S/C16H20N2O3/c1-21-14-8-3-2-6-12(14)10-15(19)18-9-5-4-7-13(11-18)16(17)20/h2-6,8,13H,7,9-11H2,1H3,(H2,17,20)/t13-/m0/s1. The van der Waals surface area contributed by atoms with Crippen LogP contribution in [0.25, 0.3) is 0 Å². The van der Waals surface area contributed by atoms with Gasteiger partial charge in [0, 0.05) is 18.7 Å². The van der Waals surface area contributed by atoms with E-state index in [4.69, 9.17) is 10.5 Å². The highest BCUT2D eigenvalue weighted by Crippen LogP contribution is 2.19. The molecule has 1 aromatic carbocycles. The van der Waals surface area contributed by atoms with E-state index >= 15 is 0 Å². The highest BCUT2D eigenvalue weighted by atomic mass is 16.5. The minimum Gasteiger partial charge on any atom is -0.496 e. The maximum Gasteiger partial charge on any atom is 0.227 e. The minimum atomic E-state index is -0.364. The molecule has 0 radical (unpaired) electrons. The molecule has 0 fully saturated rings. The third-order valence-electron chi connectivity index (χ3n) is 3.64. The molecule has 0 saturated heterocycles. The Balaban J connectivity index is 2.08. The lowest BCUT2D eigenvalue weighted by Gasteiger charge is -2.23. The summed E-state index contributed by atoms with van der Waals surface area (Å²) in [6, 6.07) is 7.44. The Morgan fingerprint density at radius 2 is 2.10 bits per heavy atom. The summed E-state index contributed by atoms with van der Waals surface area (Å²) in [5.41, 5.74) is 6.21. The second-order valence-electron chi connectivity index (χ2n) is 5.09. The van der Waals surface area contributed by atoms with E-state index < -0.39 is 0 Å². The summed E-state index contributed by atoms with van der Waals surface area (Å²) < 4.78 is 5.26. The molecule has 5 heteroatoms. The van der Waals surface area contributed by atoms with Gasteiger partial charge in [0.05, 0.1) is 19.4 Å². The predicted octanol–water partition coefficient (Wildman–Crippen LogP) is 1.13. The smallest absolute Gasteiger partial charge is 0.227 e. The molecule has 0 aromatic heterocycles. The van der Waals surface area contributed by atoms with Crippen molar-refractivity contribution < 1.29 is 14.3 Å². The summed E-state index contributed by atoms with van der Waals surface area (Å²) in [6.07, 6.45) is 4.66. The van der Waals surface area contributed by atoms with Gasteiger partial charge in [-0.15, -0.1) is 0 Å². The van der Waals surface area contributed by atoms with Crippen LogP contribution in [0.3, 0.4) is 0 Å². The quantitative estimate of drug-likeness (QED) is 0.844. The molecule has 0 bridgehead atoms. The van der Waals surface area contributed by atoms with Gasteiger partial charge < -0.3 is 15.4 Å². The van der Waals surface area contributed by atoms with Crippen LogP contribution in [-0.4, -0.2) is 36.9 Å². The van der Waals surface area contributed by atoms with Crippen molar-refractivity contribution in [1.29, 1.82) is 0 Å². The summed E-state index contributed by atoms with van der Waals surface area (Å²) in [5.74, 6) is -0.0121. The van der Waals surface area contributed by atoms with Crippen LogP contribution < -0.4 is 10.5 Å². The van der Waals surface area contributed by atoms with Gasteiger partial charge in [0.25, 0.3) is 0 Å². The lowest BCUT2D eigenvalue weighted by atomic mass is 10.0. The van der Waals surface area contributed by atoms with Crippen LogP contribution in [0.5, 0.6) is 5.75 Å². The number of allylic oxidation sites excluding steroid dienone is 1. The first-order valence-electron chi connectivity index (χ1n) is 6.95. The maximum atomic E-state index is 12.4. The fourth-order valence-corrected chi connectivity index (χ4v) is 2.41. The van der Waals surface area contributed by atoms with E-state index in [-0.39, 0.29) is 24.2 Å². The number of primary amides is 1. The molecule has 1 heterocycles. The van der Waals surface area contributed by atoms with Crippen molar-refractivity contribution in [3.63, 3.8) is 0 Å². The first-order chi connectivity index (χ1) is 10.1. The normalized spacial score (nSPS) is 18.1. The maximum absolute atomic E-state index is 12.4. The summed E-state index contributed by atoms with van der Waals surface area (Å²) >= 11 is 0. The Morgan fingerprint density at radius 1 is 1.33 bits per heavy atom. The zero-order valence-electron chi connectivity index (χ0n) is 12.1. The lowest BCUT2D eigenvalue weighted by Crippen LogP contribution is -2.39. The second-order valence-corrected chi connectivity index (χ2v) is 5.09. The number of carbonyl (C=O) groups is 2.